The number of carbonyl (C=O) groups excluding carboxylic acids is 1. The lowest BCUT2D eigenvalue weighted by Crippen LogP contribution is -2.17. The number of nitrogens with zero attached hydrogens (tertiary/aromatic N) is 5. The third kappa shape index (κ3) is 5.04. The zero-order valence-electron chi connectivity index (χ0n) is 16.2. The van der Waals surface area contributed by atoms with Crippen molar-refractivity contribution in [2.45, 2.75) is 10.1 Å². The van der Waals surface area contributed by atoms with E-state index in [0.29, 0.717) is 16.7 Å². The maximum absolute atomic E-state index is 12.4. The molecule has 3 heterocycles. The van der Waals surface area contributed by atoms with Crippen LogP contribution in [0.15, 0.2) is 70.4 Å². The number of sulfonamides is 1. The van der Waals surface area contributed by atoms with E-state index >= 15 is 0 Å². The summed E-state index contributed by atoms with van der Waals surface area (Å²) in [5.74, 6) is 6.22. The Morgan fingerprint density at radius 2 is 1.84 bits per heavy atom. The van der Waals surface area contributed by atoms with E-state index in [2.05, 4.69) is 30.2 Å². The predicted octanol–water partition coefficient (Wildman–Crippen LogP) is 2.04. The smallest absolute Gasteiger partial charge is 0.263 e. The van der Waals surface area contributed by atoms with Crippen LogP contribution in [0.3, 0.4) is 0 Å². The van der Waals surface area contributed by atoms with Gasteiger partial charge < -0.3 is 11.2 Å². The number of hydrogen-bond donors (Lipinski definition) is 3. The van der Waals surface area contributed by atoms with Gasteiger partial charge in [-0.1, -0.05) is 11.8 Å². The van der Waals surface area contributed by atoms with Crippen LogP contribution in [-0.4, -0.2) is 44.9 Å². The number of benzene rings is 1. The van der Waals surface area contributed by atoms with Crippen molar-refractivity contribution in [3.8, 4) is 11.4 Å². The summed E-state index contributed by atoms with van der Waals surface area (Å²) in [4.78, 5) is 20.2. The lowest BCUT2D eigenvalue weighted by atomic mass is 10.2. The molecular weight excluding hydrogens is 472 g/mol. The number of amides is 1. The fraction of sp³-hybridized carbons (Fsp3) is 0.0556. The Bertz CT molecular complexity index is 1310. The van der Waals surface area contributed by atoms with E-state index in [1.807, 2.05) is 0 Å². The van der Waals surface area contributed by atoms with Crippen LogP contribution in [0.2, 0.25) is 0 Å². The van der Waals surface area contributed by atoms with Crippen molar-refractivity contribution in [3.63, 3.8) is 0 Å². The number of aromatic nitrogens is 5. The van der Waals surface area contributed by atoms with Crippen LogP contribution in [0, 0.1) is 0 Å². The molecule has 4 N–H and O–H groups in total. The van der Waals surface area contributed by atoms with Gasteiger partial charge in [0, 0.05) is 35.2 Å². The Labute approximate surface area is 191 Å². The van der Waals surface area contributed by atoms with Crippen LogP contribution >= 0.6 is 23.1 Å². The van der Waals surface area contributed by atoms with Crippen LogP contribution < -0.4 is 15.9 Å². The van der Waals surface area contributed by atoms with E-state index in [0.717, 1.165) is 17.3 Å². The summed E-state index contributed by atoms with van der Waals surface area (Å²) in [5, 5.41) is 13.1. The summed E-state index contributed by atoms with van der Waals surface area (Å²) in [7, 11) is -3.75. The minimum absolute atomic E-state index is 0.0390. The highest BCUT2D eigenvalue weighted by atomic mass is 32.2. The third-order valence-electron chi connectivity index (χ3n) is 4.04. The number of nitrogen functional groups attached to an aromatic ring is 1. The zero-order chi connectivity index (χ0) is 22.6. The molecule has 4 rings (SSSR count). The number of thiazole rings is 1. The van der Waals surface area contributed by atoms with E-state index in [9.17, 15) is 13.2 Å². The SMILES string of the molecule is Nn1c(SCC(=O)Nc2ccc(S(=O)(=O)Nc3nccs3)cc2)nnc1-c1ccncc1. The third-order valence-corrected chi connectivity index (χ3v) is 7.15. The summed E-state index contributed by atoms with van der Waals surface area (Å²) >= 11 is 2.30. The van der Waals surface area contributed by atoms with Gasteiger partial charge in [0.1, 0.15) is 0 Å². The first-order valence-electron chi connectivity index (χ1n) is 8.98. The average molecular weight is 489 g/mol. The van der Waals surface area contributed by atoms with Crippen molar-refractivity contribution in [2.24, 2.45) is 0 Å². The van der Waals surface area contributed by atoms with Gasteiger partial charge in [-0.05, 0) is 36.4 Å². The van der Waals surface area contributed by atoms with Crippen LogP contribution in [0.5, 0.6) is 0 Å². The molecule has 0 unspecified atom stereocenters. The van der Waals surface area contributed by atoms with Gasteiger partial charge >= 0.3 is 0 Å². The van der Waals surface area contributed by atoms with Crippen molar-refractivity contribution in [1.82, 2.24) is 24.8 Å². The van der Waals surface area contributed by atoms with Crippen molar-refractivity contribution >= 4 is 49.8 Å². The molecule has 14 heteroatoms. The van der Waals surface area contributed by atoms with E-state index in [-0.39, 0.29) is 21.7 Å². The average Bonchev–Trinajstić information content (AvgIpc) is 3.42. The Kier molecular flexibility index (Phi) is 6.34. The Morgan fingerprint density at radius 1 is 1.09 bits per heavy atom. The monoisotopic (exact) mass is 488 g/mol. The number of carbonyl (C=O) groups is 1. The summed E-state index contributed by atoms with van der Waals surface area (Å²) < 4.78 is 28.4. The first kappa shape index (κ1) is 21.7. The van der Waals surface area contributed by atoms with Gasteiger partial charge in [0.2, 0.25) is 11.1 Å². The van der Waals surface area contributed by atoms with Crippen LogP contribution in [0.1, 0.15) is 0 Å². The Balaban J connectivity index is 1.34. The molecule has 3 aromatic heterocycles. The molecule has 0 saturated carbocycles. The molecule has 0 aliphatic rings. The molecule has 0 aliphatic carbocycles. The van der Waals surface area contributed by atoms with Crippen molar-refractivity contribution in [1.29, 1.82) is 0 Å². The number of thioether (sulfide) groups is 1. The normalized spacial score (nSPS) is 11.2. The van der Waals surface area contributed by atoms with Gasteiger partial charge in [-0.15, -0.1) is 21.5 Å². The molecule has 0 fully saturated rings. The summed E-state index contributed by atoms with van der Waals surface area (Å²) in [5.41, 5.74) is 1.21. The van der Waals surface area contributed by atoms with Crippen LogP contribution in [0.4, 0.5) is 10.8 Å². The maximum Gasteiger partial charge on any atom is 0.263 e. The second-order valence-corrected chi connectivity index (χ2v) is 9.74. The van der Waals surface area contributed by atoms with Gasteiger partial charge in [-0.25, -0.2) is 18.1 Å². The first-order valence-corrected chi connectivity index (χ1v) is 12.3. The molecule has 164 valence electrons. The molecule has 32 heavy (non-hydrogen) atoms. The fourth-order valence-electron chi connectivity index (χ4n) is 2.57. The largest absolute Gasteiger partial charge is 0.335 e. The molecule has 1 aromatic carbocycles. The Hall–Kier alpha value is -3.49. The van der Waals surface area contributed by atoms with Crippen molar-refractivity contribution in [2.75, 3.05) is 21.6 Å². The van der Waals surface area contributed by atoms with E-state index in [4.69, 9.17) is 5.84 Å². The maximum atomic E-state index is 12.4. The number of hydrogen-bond acceptors (Lipinski definition) is 10. The quantitative estimate of drug-likeness (QED) is 0.249. The number of rotatable bonds is 8. The van der Waals surface area contributed by atoms with E-state index in [1.54, 1.807) is 29.9 Å². The van der Waals surface area contributed by atoms with Gasteiger partial charge in [0.05, 0.1) is 10.6 Å². The van der Waals surface area contributed by atoms with Gasteiger partial charge in [0.25, 0.3) is 10.0 Å². The highest BCUT2D eigenvalue weighted by Gasteiger charge is 2.16. The second kappa shape index (κ2) is 9.33. The summed E-state index contributed by atoms with van der Waals surface area (Å²) in [6, 6.07) is 9.32. The minimum atomic E-state index is -3.75. The molecule has 0 aliphatic heterocycles. The second-order valence-electron chi connectivity index (χ2n) is 6.22. The Morgan fingerprint density at radius 3 is 2.53 bits per heavy atom. The number of nitrogens with one attached hydrogen (secondary N) is 2. The summed E-state index contributed by atoms with van der Waals surface area (Å²) in [6.07, 6.45) is 4.75. The van der Waals surface area contributed by atoms with Crippen molar-refractivity contribution < 1.29 is 13.2 Å². The van der Waals surface area contributed by atoms with Gasteiger partial charge in [0.15, 0.2) is 11.0 Å². The molecule has 0 bridgehead atoms. The standard InChI is InChI=1S/C18H16N8O3S3/c19-26-16(12-5-7-20-8-6-12)23-24-18(26)31-11-15(27)22-13-1-3-14(4-2-13)32(28,29)25-17-21-9-10-30-17/h1-10H,11,19H2,(H,21,25)(H,22,27). The van der Waals surface area contributed by atoms with Gasteiger partial charge in [-0.3, -0.25) is 14.5 Å². The van der Waals surface area contributed by atoms with E-state index in [1.165, 1.54) is 46.5 Å². The molecule has 0 saturated heterocycles. The van der Waals surface area contributed by atoms with Gasteiger partial charge in [-0.2, -0.15) is 0 Å². The molecule has 11 nitrogen and oxygen atoms in total. The fourth-order valence-corrected chi connectivity index (χ4v) is 5.01. The molecule has 0 radical (unpaired) electrons. The predicted molar refractivity (Wildman–Crippen MR) is 122 cm³/mol. The first-order chi connectivity index (χ1) is 15.4. The number of anilines is 2. The topological polar surface area (TPSA) is 158 Å². The van der Waals surface area contributed by atoms with Crippen LogP contribution in [-0.2, 0) is 14.8 Å². The van der Waals surface area contributed by atoms with E-state index < -0.39 is 10.0 Å². The van der Waals surface area contributed by atoms with Crippen molar-refractivity contribution in [3.05, 3.63) is 60.4 Å². The molecule has 0 spiro atoms. The number of nitrogens with two attached hydrogens (primary N) is 1. The van der Waals surface area contributed by atoms with Crippen LogP contribution in [0.25, 0.3) is 11.4 Å². The zero-order valence-corrected chi connectivity index (χ0v) is 18.7. The lowest BCUT2D eigenvalue weighted by molar-refractivity contribution is -0.113. The minimum Gasteiger partial charge on any atom is -0.335 e. The highest BCUT2D eigenvalue weighted by molar-refractivity contribution is 7.99. The molecule has 4 aromatic rings. The lowest BCUT2D eigenvalue weighted by Gasteiger charge is -2.08. The number of pyridine rings is 1. The summed E-state index contributed by atoms with van der Waals surface area (Å²) in [6.45, 7) is 0. The molecule has 1 amide bonds. The molecular formula is C18H16N8O3S3. The molecule has 0 atom stereocenters. The highest BCUT2D eigenvalue weighted by Crippen LogP contribution is 2.22.